The van der Waals surface area contributed by atoms with Gasteiger partial charge in [-0.25, -0.2) is 15.0 Å². The minimum atomic E-state index is 0.504. The van der Waals surface area contributed by atoms with Gasteiger partial charge in [0.2, 0.25) is 0 Å². The van der Waals surface area contributed by atoms with Gasteiger partial charge in [0.1, 0.15) is 23.0 Å². The van der Waals surface area contributed by atoms with Crippen LogP contribution in [0.15, 0.2) is 16.5 Å². The summed E-state index contributed by atoms with van der Waals surface area (Å²) < 4.78 is 0. The van der Waals surface area contributed by atoms with Gasteiger partial charge in [0.15, 0.2) is 5.16 Å². The molecule has 0 atom stereocenters. The molecule has 2 heterocycles. The molecule has 3 N–H and O–H groups in total. The van der Waals surface area contributed by atoms with Crippen LogP contribution in [0.5, 0.6) is 0 Å². The van der Waals surface area contributed by atoms with Crippen LogP contribution in [0, 0.1) is 13.8 Å². The molecular weight excluding hydrogens is 212 g/mol. The largest absolute Gasteiger partial charge is 0.383 e. The van der Waals surface area contributed by atoms with Crippen LogP contribution in [0.2, 0.25) is 0 Å². The number of anilines is 1. The first-order valence-electron chi connectivity index (χ1n) is 4.30. The van der Waals surface area contributed by atoms with Gasteiger partial charge < -0.3 is 5.73 Å². The summed E-state index contributed by atoms with van der Waals surface area (Å²) >= 11 is 1.39. The molecule has 2 aromatic rings. The molecule has 15 heavy (non-hydrogen) atoms. The number of rotatable bonds is 2. The van der Waals surface area contributed by atoms with E-state index in [2.05, 4.69) is 25.1 Å². The van der Waals surface area contributed by atoms with Crippen LogP contribution >= 0.6 is 11.8 Å². The van der Waals surface area contributed by atoms with Crippen molar-refractivity contribution in [3.05, 3.63) is 17.7 Å². The monoisotopic (exact) mass is 222 g/mol. The lowest BCUT2D eigenvalue weighted by Crippen LogP contribution is -2.01. The molecule has 0 unspecified atom stereocenters. The first kappa shape index (κ1) is 9.91. The summed E-state index contributed by atoms with van der Waals surface area (Å²) in [6.07, 6.45) is 1.45. The number of H-pyrrole nitrogens is 1. The van der Waals surface area contributed by atoms with E-state index in [9.17, 15) is 0 Å². The third kappa shape index (κ3) is 2.07. The second kappa shape index (κ2) is 3.85. The lowest BCUT2D eigenvalue weighted by molar-refractivity contribution is 0.928. The zero-order valence-electron chi connectivity index (χ0n) is 8.35. The molecule has 0 aromatic carbocycles. The first-order chi connectivity index (χ1) is 7.16. The van der Waals surface area contributed by atoms with E-state index in [1.807, 2.05) is 6.92 Å². The van der Waals surface area contributed by atoms with E-state index in [1.54, 1.807) is 6.92 Å². The van der Waals surface area contributed by atoms with Gasteiger partial charge in [0.05, 0.1) is 0 Å². The maximum atomic E-state index is 5.74. The van der Waals surface area contributed by atoms with Crippen LogP contribution < -0.4 is 5.73 Å². The Labute approximate surface area is 90.7 Å². The molecule has 0 fully saturated rings. The minimum absolute atomic E-state index is 0.504. The second-order valence-corrected chi connectivity index (χ2v) is 3.96. The van der Waals surface area contributed by atoms with Crippen LogP contribution in [-0.2, 0) is 0 Å². The highest BCUT2D eigenvalue weighted by Crippen LogP contribution is 2.27. The number of hydrogen-bond donors (Lipinski definition) is 2. The minimum Gasteiger partial charge on any atom is -0.383 e. The highest BCUT2D eigenvalue weighted by molar-refractivity contribution is 7.99. The summed E-state index contributed by atoms with van der Waals surface area (Å²) in [5, 5.41) is 8.01. The maximum Gasteiger partial charge on any atom is 0.189 e. The number of aromatic nitrogens is 5. The van der Waals surface area contributed by atoms with Crippen molar-refractivity contribution in [2.75, 3.05) is 5.73 Å². The van der Waals surface area contributed by atoms with E-state index < -0.39 is 0 Å². The number of aromatic amines is 1. The molecule has 0 aliphatic carbocycles. The van der Waals surface area contributed by atoms with Gasteiger partial charge in [-0.1, -0.05) is 0 Å². The van der Waals surface area contributed by atoms with Crippen molar-refractivity contribution in [3.8, 4) is 0 Å². The fraction of sp³-hybridized carbons (Fsp3) is 0.250. The van der Waals surface area contributed by atoms with Gasteiger partial charge in [-0.3, -0.25) is 5.10 Å². The van der Waals surface area contributed by atoms with E-state index in [1.165, 1.54) is 18.1 Å². The number of nitrogen functional groups attached to an aromatic ring is 1. The van der Waals surface area contributed by atoms with E-state index in [0.29, 0.717) is 16.8 Å². The summed E-state index contributed by atoms with van der Waals surface area (Å²) in [6, 6.07) is 0. The van der Waals surface area contributed by atoms with Crippen molar-refractivity contribution in [1.29, 1.82) is 0 Å². The summed E-state index contributed by atoms with van der Waals surface area (Å²) in [5.41, 5.74) is 6.60. The van der Waals surface area contributed by atoms with Crippen molar-refractivity contribution in [2.45, 2.75) is 24.0 Å². The predicted molar refractivity (Wildman–Crippen MR) is 56.4 cm³/mol. The summed E-state index contributed by atoms with van der Waals surface area (Å²) in [7, 11) is 0. The van der Waals surface area contributed by atoms with Crippen LogP contribution in [0.4, 0.5) is 5.82 Å². The molecule has 0 aliphatic rings. The standard InChI is InChI=1S/C8H10N6S/c1-4-6(9)12-5(2)13-7(4)15-8-10-3-11-14-8/h3H,1-2H3,(H2,9,12,13)(H,10,11,14). The molecule has 0 radical (unpaired) electrons. The Bertz CT molecular complexity index is 466. The van der Waals surface area contributed by atoms with Crippen molar-refractivity contribution in [3.63, 3.8) is 0 Å². The van der Waals surface area contributed by atoms with Crippen molar-refractivity contribution in [2.24, 2.45) is 0 Å². The predicted octanol–water partition coefficient (Wildman–Crippen LogP) is 0.945. The summed E-state index contributed by atoms with van der Waals surface area (Å²) in [5.74, 6) is 1.16. The molecule has 0 spiro atoms. The molecule has 2 rings (SSSR count). The molecule has 0 saturated carbocycles. The molecule has 0 bridgehead atoms. The van der Waals surface area contributed by atoms with E-state index >= 15 is 0 Å². The smallest absolute Gasteiger partial charge is 0.189 e. The van der Waals surface area contributed by atoms with Crippen LogP contribution in [0.1, 0.15) is 11.4 Å². The van der Waals surface area contributed by atoms with Crippen molar-refractivity contribution in [1.82, 2.24) is 25.1 Å². The Balaban J connectivity index is 2.36. The Morgan fingerprint density at radius 3 is 2.80 bits per heavy atom. The second-order valence-electron chi connectivity index (χ2n) is 2.98. The lowest BCUT2D eigenvalue weighted by atomic mass is 10.3. The number of nitrogens with one attached hydrogen (secondary N) is 1. The number of hydrogen-bond acceptors (Lipinski definition) is 6. The SMILES string of the molecule is Cc1nc(N)c(C)c(Sc2ncn[nH]2)n1. The molecule has 0 saturated heterocycles. The van der Waals surface area contributed by atoms with Crippen molar-refractivity contribution >= 4 is 17.6 Å². The Morgan fingerprint density at radius 1 is 1.33 bits per heavy atom. The van der Waals surface area contributed by atoms with Crippen molar-refractivity contribution < 1.29 is 0 Å². The Morgan fingerprint density at radius 2 is 2.13 bits per heavy atom. The van der Waals surface area contributed by atoms with Gasteiger partial charge in [-0.05, 0) is 25.6 Å². The highest BCUT2D eigenvalue weighted by Gasteiger charge is 2.09. The fourth-order valence-electron chi connectivity index (χ4n) is 1.06. The number of nitrogens with zero attached hydrogens (tertiary/aromatic N) is 4. The third-order valence-electron chi connectivity index (χ3n) is 1.84. The van der Waals surface area contributed by atoms with Gasteiger partial charge >= 0.3 is 0 Å². The Kier molecular flexibility index (Phi) is 2.55. The van der Waals surface area contributed by atoms with E-state index in [0.717, 1.165) is 10.6 Å². The normalized spacial score (nSPS) is 10.5. The van der Waals surface area contributed by atoms with E-state index in [-0.39, 0.29) is 0 Å². The molecule has 0 aliphatic heterocycles. The molecular formula is C8H10N6S. The number of nitrogens with two attached hydrogens (primary N) is 1. The average molecular weight is 222 g/mol. The maximum absolute atomic E-state index is 5.74. The number of aryl methyl sites for hydroxylation is 1. The topological polar surface area (TPSA) is 93.4 Å². The van der Waals surface area contributed by atoms with Gasteiger partial charge in [0, 0.05) is 5.56 Å². The molecule has 6 nitrogen and oxygen atoms in total. The zero-order chi connectivity index (χ0) is 10.8. The summed E-state index contributed by atoms with van der Waals surface area (Å²) in [6.45, 7) is 3.69. The van der Waals surface area contributed by atoms with Crippen LogP contribution in [-0.4, -0.2) is 25.1 Å². The van der Waals surface area contributed by atoms with Gasteiger partial charge in [0.25, 0.3) is 0 Å². The molecule has 78 valence electrons. The summed E-state index contributed by atoms with van der Waals surface area (Å²) in [4.78, 5) is 12.4. The van der Waals surface area contributed by atoms with Crippen LogP contribution in [0.3, 0.4) is 0 Å². The molecule has 2 aromatic heterocycles. The molecule has 0 amide bonds. The lowest BCUT2D eigenvalue weighted by Gasteiger charge is -2.05. The first-order valence-corrected chi connectivity index (χ1v) is 5.12. The third-order valence-corrected chi connectivity index (χ3v) is 2.82. The van der Waals surface area contributed by atoms with E-state index in [4.69, 9.17) is 5.73 Å². The quantitative estimate of drug-likeness (QED) is 0.735. The van der Waals surface area contributed by atoms with Crippen LogP contribution in [0.25, 0.3) is 0 Å². The van der Waals surface area contributed by atoms with Gasteiger partial charge in [-0.2, -0.15) is 5.10 Å². The molecule has 7 heteroatoms. The zero-order valence-corrected chi connectivity index (χ0v) is 9.17. The van der Waals surface area contributed by atoms with Gasteiger partial charge in [-0.15, -0.1) is 0 Å². The average Bonchev–Trinajstić information content (AvgIpc) is 2.66. The Hall–Kier alpha value is -1.63. The highest BCUT2D eigenvalue weighted by atomic mass is 32.2. The fourth-order valence-corrected chi connectivity index (χ4v) is 1.87.